The van der Waals surface area contributed by atoms with Crippen LogP contribution in [-0.4, -0.2) is 38.4 Å². The SMILES string of the molecule is Cc1cc(NC(=O)CN[C@@H]2CCc3nc(C(C)C)nn3C2)no1. The van der Waals surface area contributed by atoms with Gasteiger partial charge in [-0.1, -0.05) is 19.0 Å². The Morgan fingerprint density at radius 2 is 2.35 bits per heavy atom. The first kappa shape index (κ1) is 15.7. The quantitative estimate of drug-likeness (QED) is 0.861. The van der Waals surface area contributed by atoms with Crippen molar-refractivity contribution in [2.24, 2.45) is 0 Å². The molecule has 1 aliphatic heterocycles. The summed E-state index contributed by atoms with van der Waals surface area (Å²) in [5.74, 6) is 3.23. The number of aryl methyl sites for hydroxylation is 2. The minimum atomic E-state index is -0.134. The summed E-state index contributed by atoms with van der Waals surface area (Å²) in [7, 11) is 0. The van der Waals surface area contributed by atoms with Gasteiger partial charge in [0.05, 0.1) is 13.1 Å². The first-order valence-electron chi connectivity index (χ1n) is 7.91. The smallest absolute Gasteiger partial charge is 0.239 e. The molecule has 0 saturated heterocycles. The lowest BCUT2D eigenvalue weighted by Gasteiger charge is -2.23. The molecule has 0 radical (unpaired) electrons. The third-order valence-electron chi connectivity index (χ3n) is 3.84. The number of carbonyl (C=O) groups is 1. The second-order valence-corrected chi connectivity index (χ2v) is 6.21. The zero-order valence-corrected chi connectivity index (χ0v) is 13.7. The summed E-state index contributed by atoms with van der Waals surface area (Å²) < 4.78 is 6.87. The molecule has 0 bridgehead atoms. The second-order valence-electron chi connectivity index (χ2n) is 6.21. The summed E-state index contributed by atoms with van der Waals surface area (Å²) in [4.78, 5) is 16.5. The van der Waals surface area contributed by atoms with E-state index in [0.29, 0.717) is 17.5 Å². The number of nitrogens with zero attached hydrogens (tertiary/aromatic N) is 4. The van der Waals surface area contributed by atoms with Crippen LogP contribution in [0.1, 0.15) is 43.6 Å². The predicted octanol–water partition coefficient (Wildman–Crippen LogP) is 1.24. The maximum absolute atomic E-state index is 11.9. The van der Waals surface area contributed by atoms with Gasteiger partial charge in [-0.05, 0) is 13.3 Å². The van der Waals surface area contributed by atoms with Gasteiger partial charge in [0, 0.05) is 24.4 Å². The fourth-order valence-electron chi connectivity index (χ4n) is 2.59. The zero-order chi connectivity index (χ0) is 16.4. The third-order valence-corrected chi connectivity index (χ3v) is 3.84. The van der Waals surface area contributed by atoms with Crippen molar-refractivity contribution in [3.63, 3.8) is 0 Å². The van der Waals surface area contributed by atoms with Gasteiger partial charge in [0.1, 0.15) is 11.6 Å². The molecule has 1 aliphatic rings. The molecule has 1 amide bonds. The maximum atomic E-state index is 11.9. The predicted molar refractivity (Wildman–Crippen MR) is 84.1 cm³/mol. The standard InChI is InChI=1S/C15H22N6O2/c1-9(2)15-18-13-5-4-11(8-21(13)19-15)16-7-14(22)17-12-6-10(3)23-20-12/h6,9,11,16H,4-5,7-8H2,1-3H3,(H,17,20,22)/t11-/m1/s1. The molecule has 0 saturated carbocycles. The van der Waals surface area contributed by atoms with E-state index in [1.165, 1.54) is 0 Å². The topological polar surface area (TPSA) is 97.9 Å². The number of amides is 1. The van der Waals surface area contributed by atoms with Crippen LogP contribution < -0.4 is 10.6 Å². The molecule has 124 valence electrons. The van der Waals surface area contributed by atoms with Gasteiger partial charge in [0.15, 0.2) is 11.6 Å². The van der Waals surface area contributed by atoms with Crippen LogP contribution in [0, 0.1) is 6.92 Å². The van der Waals surface area contributed by atoms with Crippen molar-refractivity contribution in [2.75, 3.05) is 11.9 Å². The second kappa shape index (κ2) is 6.49. The zero-order valence-electron chi connectivity index (χ0n) is 13.7. The number of aromatic nitrogens is 4. The molecule has 0 spiro atoms. The van der Waals surface area contributed by atoms with Crippen molar-refractivity contribution < 1.29 is 9.32 Å². The molecular formula is C15H22N6O2. The van der Waals surface area contributed by atoms with Crippen LogP contribution in [0.4, 0.5) is 5.82 Å². The van der Waals surface area contributed by atoms with Crippen molar-refractivity contribution >= 4 is 11.7 Å². The Labute approximate surface area is 134 Å². The summed E-state index contributed by atoms with van der Waals surface area (Å²) in [5.41, 5.74) is 0. The van der Waals surface area contributed by atoms with E-state index >= 15 is 0 Å². The van der Waals surface area contributed by atoms with Gasteiger partial charge in [-0.3, -0.25) is 4.79 Å². The number of nitrogens with one attached hydrogen (secondary N) is 2. The lowest BCUT2D eigenvalue weighted by atomic mass is 10.1. The molecule has 2 N–H and O–H groups in total. The molecule has 23 heavy (non-hydrogen) atoms. The average molecular weight is 318 g/mol. The molecule has 2 aromatic heterocycles. The van der Waals surface area contributed by atoms with Gasteiger partial charge in [-0.15, -0.1) is 0 Å². The first-order chi connectivity index (χ1) is 11.0. The molecule has 3 heterocycles. The number of anilines is 1. The maximum Gasteiger partial charge on any atom is 0.239 e. The van der Waals surface area contributed by atoms with Crippen LogP contribution in [-0.2, 0) is 17.8 Å². The molecule has 0 aliphatic carbocycles. The average Bonchev–Trinajstić information content (AvgIpc) is 3.10. The van der Waals surface area contributed by atoms with Crippen molar-refractivity contribution in [2.45, 2.75) is 52.1 Å². The number of hydrogen-bond acceptors (Lipinski definition) is 6. The van der Waals surface area contributed by atoms with Crippen molar-refractivity contribution in [1.82, 2.24) is 25.2 Å². The molecule has 2 aromatic rings. The van der Waals surface area contributed by atoms with E-state index in [1.54, 1.807) is 13.0 Å². The Morgan fingerprint density at radius 1 is 1.52 bits per heavy atom. The minimum absolute atomic E-state index is 0.134. The van der Waals surface area contributed by atoms with E-state index in [4.69, 9.17) is 4.52 Å². The Morgan fingerprint density at radius 3 is 3.04 bits per heavy atom. The van der Waals surface area contributed by atoms with Crippen molar-refractivity contribution in [3.05, 3.63) is 23.5 Å². The Hall–Kier alpha value is -2.22. The normalized spacial score (nSPS) is 17.3. The molecule has 0 fully saturated rings. The molecule has 0 aromatic carbocycles. The summed E-state index contributed by atoms with van der Waals surface area (Å²) in [6.45, 7) is 6.94. The largest absolute Gasteiger partial charge is 0.360 e. The van der Waals surface area contributed by atoms with Crippen LogP contribution in [0.25, 0.3) is 0 Å². The van der Waals surface area contributed by atoms with Gasteiger partial charge in [0.25, 0.3) is 0 Å². The lowest BCUT2D eigenvalue weighted by Crippen LogP contribution is -2.41. The molecule has 8 nitrogen and oxygen atoms in total. The van der Waals surface area contributed by atoms with Crippen molar-refractivity contribution in [1.29, 1.82) is 0 Å². The van der Waals surface area contributed by atoms with E-state index in [9.17, 15) is 4.79 Å². The van der Waals surface area contributed by atoms with Crippen LogP contribution in [0.15, 0.2) is 10.6 Å². The monoisotopic (exact) mass is 318 g/mol. The highest BCUT2D eigenvalue weighted by atomic mass is 16.5. The van der Waals surface area contributed by atoms with Gasteiger partial charge in [-0.25, -0.2) is 9.67 Å². The molecular weight excluding hydrogens is 296 g/mol. The number of carbonyl (C=O) groups excluding carboxylic acids is 1. The summed E-state index contributed by atoms with van der Waals surface area (Å²) >= 11 is 0. The summed E-state index contributed by atoms with van der Waals surface area (Å²) in [5, 5.41) is 14.3. The number of rotatable bonds is 5. The van der Waals surface area contributed by atoms with E-state index in [2.05, 4.69) is 39.7 Å². The Balaban J connectivity index is 1.50. The molecule has 1 atom stereocenters. The lowest BCUT2D eigenvalue weighted by molar-refractivity contribution is -0.115. The van der Waals surface area contributed by atoms with Crippen LogP contribution >= 0.6 is 0 Å². The molecule has 3 rings (SSSR count). The number of fused-ring (bicyclic) bond motifs is 1. The molecule has 0 unspecified atom stereocenters. The highest BCUT2D eigenvalue weighted by Gasteiger charge is 2.22. The van der Waals surface area contributed by atoms with Crippen LogP contribution in [0.2, 0.25) is 0 Å². The number of hydrogen-bond donors (Lipinski definition) is 2. The Kier molecular flexibility index (Phi) is 4.42. The van der Waals surface area contributed by atoms with Gasteiger partial charge in [0.2, 0.25) is 5.91 Å². The summed E-state index contributed by atoms with van der Waals surface area (Å²) in [6, 6.07) is 1.90. The fraction of sp³-hybridized carbons (Fsp3) is 0.600. The third kappa shape index (κ3) is 3.76. The summed E-state index contributed by atoms with van der Waals surface area (Å²) in [6.07, 6.45) is 1.83. The van der Waals surface area contributed by atoms with Crippen LogP contribution in [0.5, 0.6) is 0 Å². The molecule has 8 heteroatoms. The van der Waals surface area contributed by atoms with Crippen LogP contribution in [0.3, 0.4) is 0 Å². The fourth-order valence-corrected chi connectivity index (χ4v) is 2.59. The van der Waals surface area contributed by atoms with Gasteiger partial charge >= 0.3 is 0 Å². The highest BCUT2D eigenvalue weighted by Crippen LogP contribution is 2.16. The van der Waals surface area contributed by atoms with Crippen molar-refractivity contribution in [3.8, 4) is 0 Å². The first-order valence-corrected chi connectivity index (χ1v) is 7.91. The highest BCUT2D eigenvalue weighted by molar-refractivity contribution is 5.91. The van der Waals surface area contributed by atoms with E-state index in [0.717, 1.165) is 31.0 Å². The minimum Gasteiger partial charge on any atom is -0.360 e. The van der Waals surface area contributed by atoms with Gasteiger partial charge in [-0.2, -0.15) is 5.10 Å². The van der Waals surface area contributed by atoms with E-state index in [1.807, 2.05) is 4.68 Å². The van der Waals surface area contributed by atoms with E-state index in [-0.39, 0.29) is 18.5 Å². The van der Waals surface area contributed by atoms with Gasteiger partial charge < -0.3 is 15.2 Å². The van der Waals surface area contributed by atoms with E-state index < -0.39 is 0 Å². The Bertz CT molecular complexity index is 690.